The third-order valence-corrected chi connectivity index (χ3v) is 3.97. The van der Waals surface area contributed by atoms with Crippen molar-refractivity contribution in [1.29, 1.82) is 0 Å². The van der Waals surface area contributed by atoms with E-state index in [9.17, 15) is 0 Å². The highest BCUT2D eigenvalue weighted by Crippen LogP contribution is 2.32. The molecule has 0 atom stereocenters. The number of hydrogen-bond donors (Lipinski definition) is 1. The first-order valence-corrected chi connectivity index (χ1v) is 6.72. The van der Waals surface area contributed by atoms with E-state index in [2.05, 4.69) is 4.90 Å². The Labute approximate surface area is 105 Å². The van der Waals surface area contributed by atoms with Crippen molar-refractivity contribution in [2.75, 3.05) is 47.1 Å². The Morgan fingerprint density at radius 3 is 1.94 bits per heavy atom. The van der Waals surface area contributed by atoms with Crippen LogP contribution in [0, 0.1) is 0 Å². The fourth-order valence-electron chi connectivity index (χ4n) is 2.85. The summed E-state index contributed by atoms with van der Waals surface area (Å²) in [4.78, 5) is 2.49. The summed E-state index contributed by atoms with van der Waals surface area (Å²) in [6.07, 6.45) is 6.39. The Balaban J connectivity index is 2.61. The Bertz CT molecular complexity index is 186. The summed E-state index contributed by atoms with van der Waals surface area (Å²) >= 11 is 0. The van der Waals surface area contributed by atoms with Gasteiger partial charge in [-0.15, -0.1) is 0 Å². The van der Waals surface area contributed by atoms with Crippen LogP contribution in [0.5, 0.6) is 0 Å². The van der Waals surface area contributed by atoms with Gasteiger partial charge in [0.2, 0.25) is 0 Å². The molecule has 0 aromatic carbocycles. The molecule has 0 amide bonds. The van der Waals surface area contributed by atoms with E-state index < -0.39 is 0 Å². The maximum atomic E-state index is 6.06. The van der Waals surface area contributed by atoms with Crippen molar-refractivity contribution in [3.63, 3.8) is 0 Å². The van der Waals surface area contributed by atoms with Gasteiger partial charge < -0.3 is 15.2 Å². The Morgan fingerprint density at radius 2 is 1.53 bits per heavy atom. The molecule has 1 aliphatic rings. The van der Waals surface area contributed by atoms with Crippen LogP contribution in [0.3, 0.4) is 0 Å². The molecule has 1 saturated carbocycles. The maximum Gasteiger partial charge on any atom is 0.0589 e. The molecule has 17 heavy (non-hydrogen) atoms. The highest BCUT2D eigenvalue weighted by Gasteiger charge is 2.36. The molecule has 1 aliphatic carbocycles. The van der Waals surface area contributed by atoms with Crippen LogP contribution >= 0.6 is 0 Å². The zero-order chi connectivity index (χ0) is 12.6. The number of rotatable bonds is 8. The van der Waals surface area contributed by atoms with Crippen molar-refractivity contribution in [1.82, 2.24) is 4.90 Å². The van der Waals surface area contributed by atoms with Crippen LogP contribution in [0.4, 0.5) is 0 Å². The monoisotopic (exact) mass is 244 g/mol. The topological polar surface area (TPSA) is 47.7 Å². The zero-order valence-corrected chi connectivity index (χ0v) is 11.4. The molecule has 0 unspecified atom stereocenters. The quantitative estimate of drug-likeness (QED) is 0.698. The lowest BCUT2D eigenvalue weighted by Gasteiger charge is -2.46. The molecule has 0 saturated heterocycles. The fraction of sp³-hybridized carbons (Fsp3) is 1.00. The van der Waals surface area contributed by atoms with Gasteiger partial charge in [0.05, 0.1) is 13.2 Å². The predicted octanol–water partition coefficient (Wildman–Crippen LogP) is 1.24. The third kappa shape index (κ3) is 4.21. The average Bonchev–Trinajstić information content (AvgIpc) is 2.39. The predicted molar refractivity (Wildman–Crippen MR) is 70.2 cm³/mol. The molecular weight excluding hydrogens is 216 g/mol. The van der Waals surface area contributed by atoms with Gasteiger partial charge in [-0.1, -0.05) is 19.3 Å². The van der Waals surface area contributed by atoms with Crippen molar-refractivity contribution >= 4 is 0 Å². The second-order valence-electron chi connectivity index (χ2n) is 4.96. The summed E-state index contributed by atoms with van der Waals surface area (Å²) in [6.45, 7) is 4.20. The van der Waals surface area contributed by atoms with Crippen molar-refractivity contribution in [2.24, 2.45) is 5.73 Å². The van der Waals surface area contributed by atoms with Crippen molar-refractivity contribution in [2.45, 2.75) is 37.6 Å². The van der Waals surface area contributed by atoms with E-state index in [4.69, 9.17) is 15.2 Å². The molecular formula is C13H28N2O2. The van der Waals surface area contributed by atoms with Gasteiger partial charge in [-0.25, -0.2) is 0 Å². The summed E-state index contributed by atoms with van der Waals surface area (Å²) in [7, 11) is 3.51. The Kier molecular flexibility index (Phi) is 7.04. The van der Waals surface area contributed by atoms with Gasteiger partial charge in [0.15, 0.2) is 0 Å². The third-order valence-electron chi connectivity index (χ3n) is 3.97. The van der Waals surface area contributed by atoms with Crippen LogP contribution < -0.4 is 5.73 Å². The van der Waals surface area contributed by atoms with Gasteiger partial charge in [0, 0.05) is 39.4 Å². The van der Waals surface area contributed by atoms with Crippen molar-refractivity contribution < 1.29 is 9.47 Å². The Hall–Kier alpha value is -0.160. The highest BCUT2D eigenvalue weighted by molar-refractivity contribution is 4.94. The normalized spacial score (nSPS) is 19.8. The first kappa shape index (κ1) is 14.9. The molecule has 0 aliphatic heterocycles. The minimum Gasteiger partial charge on any atom is -0.383 e. The van der Waals surface area contributed by atoms with Gasteiger partial charge >= 0.3 is 0 Å². The lowest BCUT2D eigenvalue weighted by molar-refractivity contribution is 0.0154. The minimum absolute atomic E-state index is 0.190. The smallest absolute Gasteiger partial charge is 0.0589 e. The van der Waals surface area contributed by atoms with E-state index in [1.54, 1.807) is 14.2 Å². The van der Waals surface area contributed by atoms with E-state index in [-0.39, 0.29) is 5.54 Å². The number of nitrogens with zero attached hydrogens (tertiary/aromatic N) is 1. The molecule has 102 valence electrons. The average molecular weight is 244 g/mol. The van der Waals surface area contributed by atoms with Gasteiger partial charge in [-0.05, 0) is 12.8 Å². The van der Waals surface area contributed by atoms with Gasteiger partial charge in [0.25, 0.3) is 0 Å². The highest BCUT2D eigenvalue weighted by atomic mass is 16.5. The summed E-state index contributed by atoms with van der Waals surface area (Å²) in [5.74, 6) is 0. The summed E-state index contributed by atoms with van der Waals surface area (Å²) in [5, 5.41) is 0. The fourth-order valence-corrected chi connectivity index (χ4v) is 2.85. The molecule has 4 nitrogen and oxygen atoms in total. The molecule has 0 heterocycles. The van der Waals surface area contributed by atoms with Crippen molar-refractivity contribution in [3.05, 3.63) is 0 Å². The maximum absolute atomic E-state index is 6.06. The molecule has 4 heteroatoms. The van der Waals surface area contributed by atoms with E-state index in [1.807, 2.05) is 0 Å². The number of nitrogens with two attached hydrogens (primary N) is 1. The summed E-state index contributed by atoms with van der Waals surface area (Å²) in [6, 6.07) is 0. The van der Waals surface area contributed by atoms with E-state index in [0.29, 0.717) is 0 Å². The van der Waals surface area contributed by atoms with Gasteiger partial charge in [-0.3, -0.25) is 4.90 Å². The van der Waals surface area contributed by atoms with Gasteiger partial charge in [0.1, 0.15) is 0 Å². The molecule has 1 fully saturated rings. The Morgan fingerprint density at radius 1 is 1.00 bits per heavy atom. The van der Waals surface area contributed by atoms with E-state index in [0.717, 1.165) is 32.8 Å². The minimum atomic E-state index is 0.190. The van der Waals surface area contributed by atoms with Crippen molar-refractivity contribution in [3.8, 4) is 0 Å². The second kappa shape index (κ2) is 8.03. The van der Waals surface area contributed by atoms with Crippen LogP contribution in [0.2, 0.25) is 0 Å². The molecule has 0 aromatic heterocycles. The molecule has 0 spiro atoms. The zero-order valence-electron chi connectivity index (χ0n) is 11.4. The first-order valence-electron chi connectivity index (χ1n) is 6.72. The number of methoxy groups -OCH3 is 2. The SMILES string of the molecule is COCCN(CCOC)C1(CN)CCCCC1. The molecule has 0 aromatic rings. The molecule has 2 N–H and O–H groups in total. The lowest BCUT2D eigenvalue weighted by atomic mass is 9.80. The standard InChI is InChI=1S/C13H28N2O2/c1-16-10-8-15(9-11-17-2)13(12-14)6-4-3-5-7-13/h3-12,14H2,1-2H3. The largest absolute Gasteiger partial charge is 0.383 e. The summed E-state index contributed by atoms with van der Waals surface area (Å²) < 4.78 is 10.4. The summed E-state index contributed by atoms with van der Waals surface area (Å²) in [5.41, 5.74) is 6.25. The van der Waals surface area contributed by atoms with Crippen LogP contribution in [-0.2, 0) is 9.47 Å². The van der Waals surface area contributed by atoms with Crippen LogP contribution in [0.25, 0.3) is 0 Å². The molecule has 0 bridgehead atoms. The molecule has 0 radical (unpaired) electrons. The molecule has 1 rings (SSSR count). The lowest BCUT2D eigenvalue weighted by Crippen LogP contribution is -2.56. The van der Waals surface area contributed by atoms with Crippen LogP contribution in [-0.4, -0.2) is 57.5 Å². The number of ether oxygens (including phenoxy) is 2. The van der Waals surface area contributed by atoms with E-state index in [1.165, 1.54) is 32.1 Å². The van der Waals surface area contributed by atoms with Gasteiger partial charge in [-0.2, -0.15) is 0 Å². The second-order valence-corrected chi connectivity index (χ2v) is 4.96. The van der Waals surface area contributed by atoms with E-state index >= 15 is 0 Å². The van der Waals surface area contributed by atoms with Crippen LogP contribution in [0.1, 0.15) is 32.1 Å². The van der Waals surface area contributed by atoms with Crippen LogP contribution in [0.15, 0.2) is 0 Å². The number of hydrogen-bond acceptors (Lipinski definition) is 4. The first-order chi connectivity index (χ1) is 8.29.